The van der Waals surface area contributed by atoms with Gasteiger partial charge in [-0.1, -0.05) is 23.7 Å². The molecule has 0 saturated heterocycles. The Hall–Kier alpha value is -3.12. The molecule has 0 saturated carbocycles. The zero-order valence-corrected chi connectivity index (χ0v) is 14.6. The maximum Gasteiger partial charge on any atom is 0.271 e. The van der Waals surface area contributed by atoms with Crippen LogP contribution in [0, 0.1) is 6.92 Å². The van der Waals surface area contributed by atoms with Crippen LogP contribution in [0.4, 0.5) is 0 Å². The minimum Gasteiger partial charge on any atom is -0.454 e. The number of hydrogen-bond donors (Lipinski definition) is 1. The summed E-state index contributed by atoms with van der Waals surface area (Å²) in [5.41, 5.74) is 5.44. The number of carbonyl (C=O) groups excluding carboxylic acids is 1. The highest BCUT2D eigenvalue weighted by molar-refractivity contribution is 6.32. The summed E-state index contributed by atoms with van der Waals surface area (Å²) in [5, 5.41) is 5.25. The maximum atomic E-state index is 12.2. The number of fused-ring (bicyclic) bond motifs is 2. The standard InChI is InChI=1S/C19H14ClN3O3/c1-11-2-3-12-7-14(18(20)22-15(12)6-11)9-21-23-19(24)13-4-5-16-17(8-13)26-10-25-16/h2-9H,10H2,1H3,(H,23,24). The maximum absolute atomic E-state index is 12.2. The summed E-state index contributed by atoms with van der Waals surface area (Å²) >= 11 is 6.21. The zero-order valence-electron chi connectivity index (χ0n) is 13.8. The number of hydrogen-bond acceptors (Lipinski definition) is 5. The Balaban J connectivity index is 1.51. The van der Waals surface area contributed by atoms with E-state index >= 15 is 0 Å². The number of aryl methyl sites for hydroxylation is 1. The van der Waals surface area contributed by atoms with Gasteiger partial charge < -0.3 is 9.47 Å². The van der Waals surface area contributed by atoms with Crippen molar-refractivity contribution in [1.29, 1.82) is 0 Å². The summed E-state index contributed by atoms with van der Waals surface area (Å²) < 4.78 is 10.5. The van der Waals surface area contributed by atoms with Gasteiger partial charge in [0.2, 0.25) is 6.79 Å². The van der Waals surface area contributed by atoms with Crippen LogP contribution in [-0.4, -0.2) is 23.9 Å². The van der Waals surface area contributed by atoms with Gasteiger partial charge in [0.15, 0.2) is 11.5 Å². The van der Waals surface area contributed by atoms with Crippen molar-refractivity contribution < 1.29 is 14.3 Å². The molecular weight excluding hydrogens is 354 g/mol. The van der Waals surface area contributed by atoms with E-state index in [1.54, 1.807) is 18.2 Å². The number of aromatic nitrogens is 1. The van der Waals surface area contributed by atoms with Gasteiger partial charge in [-0.15, -0.1) is 0 Å². The molecule has 0 spiro atoms. The lowest BCUT2D eigenvalue weighted by atomic mass is 10.1. The third-order valence-corrected chi connectivity index (χ3v) is 4.26. The molecule has 130 valence electrons. The summed E-state index contributed by atoms with van der Waals surface area (Å²) in [6.07, 6.45) is 1.47. The van der Waals surface area contributed by atoms with Gasteiger partial charge in [0, 0.05) is 16.5 Å². The monoisotopic (exact) mass is 367 g/mol. The molecule has 0 unspecified atom stereocenters. The molecule has 0 bridgehead atoms. The second-order valence-electron chi connectivity index (χ2n) is 5.83. The van der Waals surface area contributed by atoms with Crippen LogP contribution in [0.3, 0.4) is 0 Å². The summed E-state index contributed by atoms with van der Waals surface area (Å²) in [4.78, 5) is 16.6. The minimum absolute atomic E-state index is 0.158. The number of nitrogens with one attached hydrogen (secondary N) is 1. The molecule has 2 heterocycles. The van der Waals surface area contributed by atoms with E-state index in [0.717, 1.165) is 16.5 Å². The van der Waals surface area contributed by atoms with Crippen LogP contribution in [0.15, 0.2) is 47.6 Å². The lowest BCUT2D eigenvalue weighted by Gasteiger charge is -2.04. The van der Waals surface area contributed by atoms with Crippen LogP contribution in [0.1, 0.15) is 21.5 Å². The molecule has 7 heteroatoms. The second kappa shape index (κ2) is 6.65. The fraction of sp³-hybridized carbons (Fsp3) is 0.105. The van der Waals surface area contributed by atoms with Crippen molar-refractivity contribution in [3.63, 3.8) is 0 Å². The fourth-order valence-electron chi connectivity index (χ4n) is 2.62. The molecule has 0 fully saturated rings. The first-order valence-electron chi connectivity index (χ1n) is 7.90. The Bertz CT molecular complexity index is 1050. The average Bonchev–Trinajstić information content (AvgIpc) is 3.09. The third kappa shape index (κ3) is 3.19. The predicted molar refractivity (Wildman–Crippen MR) is 99.1 cm³/mol. The number of rotatable bonds is 3. The Morgan fingerprint density at radius 2 is 2.04 bits per heavy atom. The van der Waals surface area contributed by atoms with Crippen molar-refractivity contribution in [3.05, 3.63) is 64.3 Å². The van der Waals surface area contributed by atoms with E-state index in [1.165, 1.54) is 6.21 Å². The molecular formula is C19H14ClN3O3. The van der Waals surface area contributed by atoms with Gasteiger partial charge in [-0.2, -0.15) is 5.10 Å². The van der Waals surface area contributed by atoms with Gasteiger partial charge in [0.25, 0.3) is 5.91 Å². The Morgan fingerprint density at radius 3 is 2.92 bits per heavy atom. The van der Waals surface area contributed by atoms with E-state index in [2.05, 4.69) is 15.5 Å². The number of carbonyl (C=O) groups is 1. The van der Waals surface area contributed by atoms with E-state index in [1.807, 2.05) is 31.2 Å². The van der Waals surface area contributed by atoms with Crippen LogP contribution >= 0.6 is 11.6 Å². The number of ether oxygens (including phenoxy) is 2. The first-order valence-corrected chi connectivity index (χ1v) is 8.28. The van der Waals surface area contributed by atoms with E-state index in [9.17, 15) is 4.79 Å². The largest absolute Gasteiger partial charge is 0.454 e. The highest BCUT2D eigenvalue weighted by Crippen LogP contribution is 2.32. The SMILES string of the molecule is Cc1ccc2cc(C=NNC(=O)c3ccc4c(c3)OCO4)c(Cl)nc2c1. The molecule has 1 amide bonds. The average molecular weight is 368 g/mol. The van der Waals surface area contributed by atoms with Gasteiger partial charge in [-0.25, -0.2) is 10.4 Å². The number of halogens is 1. The van der Waals surface area contributed by atoms with Crippen LogP contribution in [-0.2, 0) is 0 Å². The van der Waals surface area contributed by atoms with E-state index < -0.39 is 0 Å². The summed E-state index contributed by atoms with van der Waals surface area (Å²) in [5.74, 6) is 0.799. The topological polar surface area (TPSA) is 72.8 Å². The highest BCUT2D eigenvalue weighted by atomic mass is 35.5. The highest BCUT2D eigenvalue weighted by Gasteiger charge is 2.15. The molecule has 3 aromatic rings. The lowest BCUT2D eigenvalue weighted by molar-refractivity contribution is 0.0954. The molecule has 4 rings (SSSR count). The quantitative estimate of drug-likeness (QED) is 0.435. The Kier molecular flexibility index (Phi) is 4.18. The molecule has 6 nitrogen and oxygen atoms in total. The molecule has 1 aliphatic rings. The van der Waals surface area contributed by atoms with Crippen molar-refractivity contribution in [2.45, 2.75) is 6.92 Å². The van der Waals surface area contributed by atoms with Gasteiger partial charge in [0.05, 0.1) is 11.7 Å². The van der Waals surface area contributed by atoms with E-state index in [4.69, 9.17) is 21.1 Å². The van der Waals surface area contributed by atoms with Crippen molar-refractivity contribution in [2.24, 2.45) is 5.10 Å². The van der Waals surface area contributed by atoms with E-state index in [0.29, 0.717) is 27.8 Å². The minimum atomic E-state index is -0.361. The van der Waals surface area contributed by atoms with Gasteiger partial charge in [-0.05, 0) is 42.8 Å². The third-order valence-electron chi connectivity index (χ3n) is 3.96. The molecule has 0 aliphatic carbocycles. The number of nitrogens with zero attached hydrogens (tertiary/aromatic N) is 2. The van der Waals surface area contributed by atoms with Gasteiger partial charge in [0.1, 0.15) is 5.15 Å². The van der Waals surface area contributed by atoms with Crippen LogP contribution in [0.5, 0.6) is 11.5 Å². The van der Waals surface area contributed by atoms with Gasteiger partial charge in [-0.3, -0.25) is 4.79 Å². The van der Waals surface area contributed by atoms with Crippen molar-refractivity contribution in [1.82, 2.24) is 10.4 Å². The first-order chi connectivity index (χ1) is 12.6. The number of pyridine rings is 1. The zero-order chi connectivity index (χ0) is 18.1. The molecule has 1 aromatic heterocycles. The smallest absolute Gasteiger partial charge is 0.271 e. The van der Waals surface area contributed by atoms with Crippen molar-refractivity contribution in [3.8, 4) is 11.5 Å². The predicted octanol–water partition coefficient (Wildman–Crippen LogP) is 3.69. The Labute approximate surface area is 154 Å². The second-order valence-corrected chi connectivity index (χ2v) is 6.19. The number of amides is 1. The fourth-order valence-corrected chi connectivity index (χ4v) is 2.82. The number of benzene rings is 2. The number of hydrazone groups is 1. The van der Waals surface area contributed by atoms with E-state index in [-0.39, 0.29) is 12.7 Å². The normalized spacial score (nSPS) is 12.7. The summed E-state index contributed by atoms with van der Waals surface area (Å²) in [7, 11) is 0. The van der Waals surface area contributed by atoms with Crippen molar-refractivity contribution >= 4 is 34.6 Å². The molecule has 0 radical (unpaired) electrons. The first kappa shape index (κ1) is 16.4. The lowest BCUT2D eigenvalue weighted by Crippen LogP contribution is -2.17. The molecule has 1 N–H and O–H groups in total. The summed E-state index contributed by atoms with van der Waals surface area (Å²) in [6.45, 7) is 2.15. The van der Waals surface area contributed by atoms with Crippen LogP contribution in [0.2, 0.25) is 5.15 Å². The molecule has 26 heavy (non-hydrogen) atoms. The molecule has 2 aromatic carbocycles. The van der Waals surface area contributed by atoms with Crippen LogP contribution < -0.4 is 14.9 Å². The summed E-state index contributed by atoms with van der Waals surface area (Å²) in [6, 6.07) is 12.7. The van der Waals surface area contributed by atoms with Gasteiger partial charge >= 0.3 is 0 Å². The molecule has 1 aliphatic heterocycles. The van der Waals surface area contributed by atoms with Crippen molar-refractivity contribution in [2.75, 3.05) is 6.79 Å². The van der Waals surface area contributed by atoms with Crippen LogP contribution in [0.25, 0.3) is 10.9 Å². The Morgan fingerprint density at radius 1 is 1.19 bits per heavy atom. The molecule has 0 atom stereocenters.